The average Bonchev–Trinajstić information content (AvgIpc) is 2.44. The molecule has 2 rings (SSSR count). The maximum atomic E-state index is 11.9. The second kappa shape index (κ2) is 8.02. The predicted molar refractivity (Wildman–Crippen MR) is 88.0 cm³/mol. The Hall–Kier alpha value is -0.770. The lowest BCUT2D eigenvalue weighted by atomic mass is 9.99. The van der Waals surface area contributed by atoms with E-state index in [1.165, 1.54) is 12.8 Å². The van der Waals surface area contributed by atoms with E-state index < -0.39 is 0 Å². The number of nitrogens with one attached hydrogen (secondary N) is 1. The van der Waals surface area contributed by atoms with E-state index in [2.05, 4.69) is 17.1 Å². The Bertz CT molecular complexity index is 485. The number of carbonyl (C=O) groups is 1. The van der Waals surface area contributed by atoms with E-state index in [-0.39, 0.29) is 5.91 Å². The van der Waals surface area contributed by atoms with Gasteiger partial charge < -0.3 is 5.32 Å². The molecule has 1 aliphatic rings. The lowest BCUT2D eigenvalue weighted by Crippen LogP contribution is -2.41. The van der Waals surface area contributed by atoms with Crippen molar-refractivity contribution in [2.24, 2.45) is 5.92 Å². The first-order valence-corrected chi connectivity index (χ1v) is 8.23. The zero-order valence-electron chi connectivity index (χ0n) is 12.4. The highest BCUT2D eigenvalue weighted by molar-refractivity contribution is 6.35. The molecule has 1 aromatic carbocycles. The summed E-state index contributed by atoms with van der Waals surface area (Å²) < 4.78 is 0. The highest BCUT2D eigenvalue weighted by atomic mass is 35.5. The summed E-state index contributed by atoms with van der Waals surface area (Å²) in [4.78, 5) is 14.1. The van der Waals surface area contributed by atoms with Gasteiger partial charge in [-0.3, -0.25) is 9.69 Å². The molecule has 0 saturated carbocycles. The van der Waals surface area contributed by atoms with Crippen LogP contribution in [0.1, 0.15) is 25.3 Å². The first kappa shape index (κ1) is 16.6. The van der Waals surface area contributed by atoms with Gasteiger partial charge in [0.1, 0.15) is 0 Å². The number of hydrogen-bond donors (Lipinski definition) is 1. The molecule has 0 radical (unpaired) electrons. The van der Waals surface area contributed by atoms with E-state index >= 15 is 0 Å². The van der Waals surface area contributed by atoms with Crippen LogP contribution in [0.25, 0.3) is 0 Å². The summed E-state index contributed by atoms with van der Waals surface area (Å²) in [7, 11) is 0. The normalized spacial score (nSPS) is 16.9. The van der Waals surface area contributed by atoms with E-state index in [1.54, 1.807) is 6.07 Å². The van der Waals surface area contributed by atoms with Gasteiger partial charge in [0.05, 0.1) is 6.54 Å². The molecule has 1 aromatic rings. The number of benzene rings is 1. The molecular formula is C16H22Cl2N2O. The quantitative estimate of drug-likeness (QED) is 0.898. The number of amides is 1. The van der Waals surface area contributed by atoms with E-state index in [0.29, 0.717) is 23.1 Å². The van der Waals surface area contributed by atoms with Gasteiger partial charge in [0.15, 0.2) is 0 Å². The Balaban J connectivity index is 1.69. The number of hydrogen-bond acceptors (Lipinski definition) is 2. The van der Waals surface area contributed by atoms with Crippen LogP contribution in [0.2, 0.25) is 10.0 Å². The van der Waals surface area contributed by atoms with Crippen LogP contribution >= 0.6 is 23.2 Å². The average molecular weight is 329 g/mol. The van der Waals surface area contributed by atoms with Crippen LogP contribution < -0.4 is 5.32 Å². The summed E-state index contributed by atoms with van der Waals surface area (Å²) in [6.45, 7) is 5.42. The van der Waals surface area contributed by atoms with Gasteiger partial charge >= 0.3 is 0 Å². The van der Waals surface area contributed by atoms with Crippen LogP contribution in [0.3, 0.4) is 0 Å². The molecule has 0 unspecified atom stereocenters. The third kappa shape index (κ3) is 5.50. The van der Waals surface area contributed by atoms with Crippen LogP contribution in [0.5, 0.6) is 0 Å². The second-order valence-electron chi connectivity index (χ2n) is 5.79. The van der Waals surface area contributed by atoms with Crippen LogP contribution in [0.4, 0.5) is 0 Å². The lowest BCUT2D eigenvalue weighted by molar-refractivity contribution is -0.122. The van der Waals surface area contributed by atoms with Crippen molar-refractivity contribution in [1.29, 1.82) is 0 Å². The number of carbonyl (C=O) groups excluding carboxylic acids is 1. The first-order valence-electron chi connectivity index (χ1n) is 7.47. The Morgan fingerprint density at radius 3 is 2.71 bits per heavy atom. The summed E-state index contributed by atoms with van der Waals surface area (Å²) in [5.41, 5.74) is 1.01. The summed E-state index contributed by atoms with van der Waals surface area (Å²) in [5, 5.41) is 4.25. The summed E-state index contributed by atoms with van der Waals surface area (Å²) in [6.07, 6.45) is 3.10. The van der Waals surface area contributed by atoms with Gasteiger partial charge in [0.25, 0.3) is 0 Å². The van der Waals surface area contributed by atoms with Gasteiger partial charge in [-0.05, 0) is 56.0 Å². The van der Waals surface area contributed by atoms with Crippen molar-refractivity contribution >= 4 is 29.1 Å². The van der Waals surface area contributed by atoms with Gasteiger partial charge in [0.2, 0.25) is 5.91 Å². The maximum absolute atomic E-state index is 11.9. The Labute approximate surface area is 136 Å². The molecule has 3 nitrogen and oxygen atoms in total. The van der Waals surface area contributed by atoms with E-state index in [0.717, 1.165) is 31.0 Å². The number of piperidine rings is 1. The smallest absolute Gasteiger partial charge is 0.234 e. The second-order valence-corrected chi connectivity index (χ2v) is 6.64. The SMILES string of the molecule is CC1CCN(CC(=O)NCCc2ccc(Cl)cc2Cl)CC1. The van der Waals surface area contributed by atoms with Crippen molar-refractivity contribution in [2.45, 2.75) is 26.2 Å². The minimum atomic E-state index is 0.0923. The van der Waals surface area contributed by atoms with E-state index in [9.17, 15) is 4.79 Å². The molecule has 116 valence electrons. The van der Waals surface area contributed by atoms with Gasteiger partial charge in [-0.2, -0.15) is 0 Å². The number of halogens is 2. The molecule has 0 spiro atoms. The molecule has 1 fully saturated rings. The van der Waals surface area contributed by atoms with Crippen molar-refractivity contribution in [1.82, 2.24) is 10.2 Å². The molecule has 1 N–H and O–H groups in total. The monoisotopic (exact) mass is 328 g/mol. The molecule has 1 aliphatic heterocycles. The molecular weight excluding hydrogens is 307 g/mol. The zero-order chi connectivity index (χ0) is 15.2. The lowest BCUT2D eigenvalue weighted by Gasteiger charge is -2.29. The fourth-order valence-corrected chi connectivity index (χ4v) is 3.04. The van der Waals surface area contributed by atoms with Crippen molar-refractivity contribution < 1.29 is 4.79 Å². The van der Waals surface area contributed by atoms with Crippen molar-refractivity contribution in [3.8, 4) is 0 Å². The molecule has 0 bridgehead atoms. The van der Waals surface area contributed by atoms with Crippen molar-refractivity contribution in [2.75, 3.05) is 26.2 Å². The largest absolute Gasteiger partial charge is 0.355 e. The molecule has 0 aromatic heterocycles. The molecule has 5 heteroatoms. The summed E-state index contributed by atoms with van der Waals surface area (Å²) in [5.74, 6) is 0.881. The zero-order valence-corrected chi connectivity index (χ0v) is 13.9. The fraction of sp³-hybridized carbons (Fsp3) is 0.562. The summed E-state index contributed by atoms with van der Waals surface area (Å²) >= 11 is 12.0. The maximum Gasteiger partial charge on any atom is 0.234 e. The van der Waals surface area contributed by atoms with Gasteiger partial charge in [-0.1, -0.05) is 36.2 Å². The molecule has 21 heavy (non-hydrogen) atoms. The standard InChI is InChI=1S/C16H22Cl2N2O/c1-12-5-8-20(9-6-12)11-16(21)19-7-4-13-2-3-14(17)10-15(13)18/h2-3,10,12H,4-9,11H2,1H3,(H,19,21). The minimum Gasteiger partial charge on any atom is -0.355 e. The number of nitrogens with zero attached hydrogens (tertiary/aromatic N) is 1. The van der Waals surface area contributed by atoms with Crippen molar-refractivity contribution in [3.63, 3.8) is 0 Å². The van der Waals surface area contributed by atoms with Crippen LogP contribution in [-0.2, 0) is 11.2 Å². The molecule has 1 amide bonds. The van der Waals surface area contributed by atoms with Gasteiger partial charge in [-0.25, -0.2) is 0 Å². The Kier molecular flexibility index (Phi) is 6.34. The Morgan fingerprint density at radius 1 is 1.33 bits per heavy atom. The van der Waals surface area contributed by atoms with Crippen LogP contribution in [0.15, 0.2) is 18.2 Å². The topological polar surface area (TPSA) is 32.3 Å². The molecule has 0 aliphatic carbocycles. The predicted octanol–water partition coefficient (Wildman–Crippen LogP) is 3.38. The highest BCUT2D eigenvalue weighted by Gasteiger charge is 2.17. The minimum absolute atomic E-state index is 0.0923. The first-order chi connectivity index (χ1) is 10.0. The number of rotatable bonds is 5. The fourth-order valence-electron chi connectivity index (χ4n) is 2.54. The third-order valence-electron chi connectivity index (χ3n) is 3.98. The van der Waals surface area contributed by atoms with Crippen LogP contribution in [0, 0.1) is 5.92 Å². The van der Waals surface area contributed by atoms with E-state index in [4.69, 9.17) is 23.2 Å². The molecule has 0 atom stereocenters. The van der Waals surface area contributed by atoms with E-state index in [1.807, 2.05) is 12.1 Å². The number of likely N-dealkylation sites (tertiary alicyclic amines) is 1. The molecule has 1 saturated heterocycles. The van der Waals surface area contributed by atoms with Gasteiger partial charge in [0, 0.05) is 16.6 Å². The van der Waals surface area contributed by atoms with Crippen LogP contribution in [-0.4, -0.2) is 37.0 Å². The third-order valence-corrected chi connectivity index (χ3v) is 4.56. The van der Waals surface area contributed by atoms with Gasteiger partial charge in [-0.15, -0.1) is 0 Å². The highest BCUT2D eigenvalue weighted by Crippen LogP contribution is 2.21. The summed E-state index contributed by atoms with van der Waals surface area (Å²) in [6, 6.07) is 5.46. The Morgan fingerprint density at radius 2 is 2.05 bits per heavy atom. The molecule has 1 heterocycles. The van der Waals surface area contributed by atoms with Crippen molar-refractivity contribution in [3.05, 3.63) is 33.8 Å².